The maximum absolute atomic E-state index is 9.20. The Hall–Kier alpha value is -1.65. The van der Waals surface area contributed by atoms with E-state index in [1.165, 1.54) is 11.8 Å². The number of aromatic hydroxyl groups is 1. The largest absolute Gasteiger partial charge is 0.508 e. The summed E-state index contributed by atoms with van der Waals surface area (Å²) in [7, 11) is 0. The van der Waals surface area contributed by atoms with Gasteiger partial charge < -0.3 is 9.52 Å². The first-order valence-electron chi connectivity index (χ1n) is 5.24. The molecular weight excluding hydrogens is 270 g/mol. The van der Waals surface area contributed by atoms with Gasteiger partial charge in [-0.2, -0.15) is 0 Å². The molecule has 0 aliphatic heterocycles. The van der Waals surface area contributed by atoms with Crippen molar-refractivity contribution in [2.24, 2.45) is 0 Å². The number of fused-ring (bicyclic) bond motifs is 1. The van der Waals surface area contributed by atoms with Crippen LogP contribution in [0.3, 0.4) is 0 Å². The molecule has 18 heavy (non-hydrogen) atoms. The summed E-state index contributed by atoms with van der Waals surface area (Å²) in [6.45, 7) is 0. The van der Waals surface area contributed by atoms with E-state index >= 15 is 0 Å². The number of phenolic OH excluding ortho intramolecular Hbond substituents is 1. The number of phenols is 1. The van der Waals surface area contributed by atoms with Gasteiger partial charge in [-0.25, -0.2) is 4.98 Å². The second-order valence-corrected chi connectivity index (χ2v) is 5.15. The Kier molecular flexibility index (Phi) is 2.89. The maximum Gasteiger partial charge on any atom is 0.261 e. The van der Waals surface area contributed by atoms with Crippen LogP contribution in [0.15, 0.2) is 57.0 Å². The Morgan fingerprint density at radius 1 is 1.11 bits per heavy atom. The van der Waals surface area contributed by atoms with Gasteiger partial charge >= 0.3 is 0 Å². The van der Waals surface area contributed by atoms with Gasteiger partial charge in [0.1, 0.15) is 11.3 Å². The number of rotatable bonds is 2. The van der Waals surface area contributed by atoms with E-state index in [0.29, 0.717) is 15.8 Å². The lowest BCUT2D eigenvalue weighted by molar-refractivity contribution is 0.474. The van der Waals surface area contributed by atoms with Gasteiger partial charge in [0, 0.05) is 16.0 Å². The highest BCUT2D eigenvalue weighted by Gasteiger charge is 2.07. The van der Waals surface area contributed by atoms with E-state index in [0.717, 1.165) is 10.4 Å². The zero-order valence-corrected chi connectivity index (χ0v) is 10.7. The lowest BCUT2D eigenvalue weighted by Crippen LogP contribution is -1.72. The summed E-state index contributed by atoms with van der Waals surface area (Å²) in [4.78, 5) is 5.30. The van der Waals surface area contributed by atoms with Crippen LogP contribution in [0.2, 0.25) is 5.02 Å². The van der Waals surface area contributed by atoms with Crippen molar-refractivity contribution in [2.75, 3.05) is 0 Å². The van der Waals surface area contributed by atoms with Crippen molar-refractivity contribution in [3.63, 3.8) is 0 Å². The van der Waals surface area contributed by atoms with Crippen LogP contribution in [0.1, 0.15) is 0 Å². The van der Waals surface area contributed by atoms with Gasteiger partial charge in [0.05, 0.1) is 0 Å². The van der Waals surface area contributed by atoms with E-state index in [4.69, 9.17) is 16.0 Å². The van der Waals surface area contributed by atoms with Crippen molar-refractivity contribution < 1.29 is 9.52 Å². The first-order chi connectivity index (χ1) is 8.70. The lowest BCUT2D eigenvalue weighted by Gasteiger charge is -1.96. The molecule has 0 saturated carbocycles. The summed E-state index contributed by atoms with van der Waals surface area (Å²) in [5.41, 5.74) is 1.45. The molecule has 2 aromatic carbocycles. The number of aromatic nitrogens is 1. The van der Waals surface area contributed by atoms with E-state index in [-0.39, 0.29) is 5.75 Å². The number of nitrogens with zero attached hydrogens (tertiary/aromatic N) is 1. The van der Waals surface area contributed by atoms with Crippen LogP contribution in [0.25, 0.3) is 11.1 Å². The highest BCUT2D eigenvalue weighted by molar-refractivity contribution is 7.99. The molecule has 3 nitrogen and oxygen atoms in total. The van der Waals surface area contributed by atoms with Crippen LogP contribution >= 0.6 is 23.4 Å². The summed E-state index contributed by atoms with van der Waals surface area (Å²) in [5.74, 6) is 0.240. The number of benzene rings is 2. The second kappa shape index (κ2) is 4.55. The lowest BCUT2D eigenvalue weighted by atomic mass is 10.3. The Morgan fingerprint density at radius 2 is 1.89 bits per heavy atom. The third-order valence-corrected chi connectivity index (χ3v) is 3.46. The van der Waals surface area contributed by atoms with Gasteiger partial charge in [0.25, 0.3) is 5.22 Å². The Bertz CT molecular complexity index is 694. The fraction of sp³-hybridized carbons (Fsp3) is 0. The van der Waals surface area contributed by atoms with Crippen LogP contribution in [-0.4, -0.2) is 10.1 Å². The van der Waals surface area contributed by atoms with Crippen molar-refractivity contribution in [3.05, 3.63) is 47.5 Å². The molecule has 5 heteroatoms. The van der Waals surface area contributed by atoms with Crippen molar-refractivity contribution in [2.45, 2.75) is 10.1 Å². The van der Waals surface area contributed by atoms with Crippen molar-refractivity contribution in [3.8, 4) is 5.75 Å². The average molecular weight is 278 g/mol. The van der Waals surface area contributed by atoms with E-state index in [1.54, 1.807) is 24.3 Å². The number of hydrogen-bond acceptors (Lipinski definition) is 4. The smallest absolute Gasteiger partial charge is 0.261 e. The molecule has 0 amide bonds. The predicted octanol–water partition coefficient (Wildman–Crippen LogP) is 4.34. The first kappa shape index (κ1) is 11.4. The fourth-order valence-electron chi connectivity index (χ4n) is 1.54. The molecule has 0 saturated heterocycles. The molecule has 3 aromatic rings. The Morgan fingerprint density at radius 3 is 2.67 bits per heavy atom. The van der Waals surface area contributed by atoms with Gasteiger partial charge in [0.15, 0.2) is 5.58 Å². The fourth-order valence-corrected chi connectivity index (χ4v) is 2.45. The molecule has 1 N–H and O–H groups in total. The minimum atomic E-state index is 0.240. The normalized spacial score (nSPS) is 10.9. The molecule has 0 aliphatic carbocycles. The molecule has 0 bridgehead atoms. The Balaban J connectivity index is 1.92. The van der Waals surface area contributed by atoms with Crippen molar-refractivity contribution in [1.82, 2.24) is 4.98 Å². The molecule has 1 aromatic heterocycles. The molecule has 0 fully saturated rings. The predicted molar refractivity (Wildman–Crippen MR) is 71.2 cm³/mol. The highest BCUT2D eigenvalue weighted by atomic mass is 35.5. The Labute approximate surface area is 112 Å². The quantitative estimate of drug-likeness (QED) is 0.757. The molecule has 0 unspecified atom stereocenters. The van der Waals surface area contributed by atoms with Crippen molar-refractivity contribution in [1.29, 1.82) is 0 Å². The van der Waals surface area contributed by atoms with Gasteiger partial charge in [-0.3, -0.25) is 0 Å². The van der Waals surface area contributed by atoms with Gasteiger partial charge in [-0.05, 0) is 48.2 Å². The van der Waals surface area contributed by atoms with Gasteiger partial charge in [0.2, 0.25) is 0 Å². The second-order valence-electron chi connectivity index (χ2n) is 3.69. The molecule has 1 heterocycles. The molecule has 0 atom stereocenters. The molecule has 0 spiro atoms. The third-order valence-electron chi connectivity index (χ3n) is 2.37. The molecule has 3 rings (SSSR count). The number of halogens is 1. The average Bonchev–Trinajstić information content (AvgIpc) is 2.73. The summed E-state index contributed by atoms with van der Waals surface area (Å²) >= 11 is 7.28. The van der Waals surface area contributed by atoms with Gasteiger partial charge in [-0.1, -0.05) is 11.6 Å². The monoisotopic (exact) mass is 277 g/mol. The van der Waals surface area contributed by atoms with E-state index in [2.05, 4.69) is 4.98 Å². The van der Waals surface area contributed by atoms with Crippen LogP contribution in [-0.2, 0) is 0 Å². The van der Waals surface area contributed by atoms with Crippen LogP contribution in [0.5, 0.6) is 5.75 Å². The van der Waals surface area contributed by atoms with Gasteiger partial charge in [-0.15, -0.1) is 0 Å². The van der Waals surface area contributed by atoms with E-state index < -0.39 is 0 Å². The molecule has 90 valence electrons. The summed E-state index contributed by atoms with van der Waals surface area (Å²) in [6.07, 6.45) is 0. The third kappa shape index (κ3) is 2.30. The number of hydrogen-bond donors (Lipinski definition) is 1. The van der Waals surface area contributed by atoms with Crippen molar-refractivity contribution >= 4 is 34.5 Å². The van der Waals surface area contributed by atoms with E-state index in [1.807, 2.05) is 18.2 Å². The SMILES string of the molecule is Oc1ccc(Sc2nc3ccc(Cl)cc3o2)cc1. The topological polar surface area (TPSA) is 46.3 Å². The van der Waals surface area contributed by atoms with Crippen LogP contribution < -0.4 is 0 Å². The minimum Gasteiger partial charge on any atom is -0.508 e. The molecule has 0 radical (unpaired) electrons. The molecular formula is C13H8ClNO2S. The maximum atomic E-state index is 9.20. The summed E-state index contributed by atoms with van der Waals surface area (Å²) < 4.78 is 5.59. The summed E-state index contributed by atoms with van der Waals surface area (Å²) in [6, 6.07) is 12.2. The standard InChI is InChI=1S/C13H8ClNO2S/c14-8-1-6-11-12(7-8)17-13(15-11)18-10-4-2-9(16)3-5-10/h1-7,16H. The zero-order valence-electron chi connectivity index (χ0n) is 9.13. The molecule has 0 aliphatic rings. The van der Waals surface area contributed by atoms with Crippen LogP contribution in [0.4, 0.5) is 0 Å². The minimum absolute atomic E-state index is 0.240. The van der Waals surface area contributed by atoms with Crippen LogP contribution in [0, 0.1) is 0 Å². The highest BCUT2D eigenvalue weighted by Crippen LogP contribution is 2.31. The summed E-state index contributed by atoms with van der Waals surface area (Å²) in [5, 5.41) is 10.4. The zero-order chi connectivity index (χ0) is 12.5. The number of oxazole rings is 1. The first-order valence-corrected chi connectivity index (χ1v) is 6.43. The van der Waals surface area contributed by atoms with E-state index in [9.17, 15) is 5.11 Å².